The summed E-state index contributed by atoms with van der Waals surface area (Å²) in [5.41, 5.74) is 6.52. The van der Waals surface area contributed by atoms with Crippen LogP contribution in [-0.4, -0.2) is 99.7 Å². The Bertz CT molecular complexity index is 931. The van der Waals surface area contributed by atoms with Crippen LogP contribution in [-0.2, 0) is 19.0 Å². The van der Waals surface area contributed by atoms with Crippen LogP contribution in [0.4, 0.5) is 5.69 Å². The minimum Gasteiger partial charge on any atom is -0.496 e. The summed E-state index contributed by atoms with van der Waals surface area (Å²) in [6.45, 7) is 4.92. The lowest BCUT2D eigenvalue weighted by Crippen LogP contribution is -2.55. The Labute approximate surface area is 217 Å². The van der Waals surface area contributed by atoms with Gasteiger partial charge in [0.15, 0.2) is 5.79 Å². The fraction of sp³-hybridized carbons (Fsp3) is 0.680. The zero-order valence-corrected chi connectivity index (χ0v) is 21.8. The highest BCUT2D eigenvalue weighted by Gasteiger charge is 2.40. The van der Waals surface area contributed by atoms with E-state index in [1.54, 1.807) is 13.2 Å². The highest BCUT2D eigenvalue weighted by Crippen LogP contribution is 2.32. The van der Waals surface area contributed by atoms with E-state index < -0.39 is 5.79 Å². The first-order chi connectivity index (χ1) is 17.3. The van der Waals surface area contributed by atoms with Gasteiger partial charge in [-0.25, -0.2) is 0 Å². The number of methoxy groups -OCH3 is 2. The van der Waals surface area contributed by atoms with Crippen molar-refractivity contribution in [3.05, 3.63) is 22.7 Å². The molecule has 200 valence electrons. The van der Waals surface area contributed by atoms with E-state index in [4.69, 9.17) is 36.3 Å². The Hall–Kier alpha value is -2.11. The second-order valence-electron chi connectivity index (χ2n) is 9.61. The molecule has 3 N–H and O–H groups in total. The number of hydrogen-bond donors (Lipinski definition) is 2. The Morgan fingerprint density at radius 3 is 2.58 bits per heavy atom. The molecule has 3 aliphatic heterocycles. The summed E-state index contributed by atoms with van der Waals surface area (Å²) in [6, 6.07) is 2.92. The number of halogens is 1. The molecule has 36 heavy (non-hydrogen) atoms. The fourth-order valence-corrected chi connectivity index (χ4v) is 5.41. The van der Waals surface area contributed by atoms with Gasteiger partial charge in [0.25, 0.3) is 5.91 Å². The molecule has 11 heteroatoms. The van der Waals surface area contributed by atoms with E-state index in [1.165, 1.54) is 13.2 Å². The molecular formula is C25H37ClN4O6. The number of carbonyl (C=O) groups excluding carboxylic acids is 2. The second-order valence-corrected chi connectivity index (χ2v) is 10.0. The summed E-state index contributed by atoms with van der Waals surface area (Å²) >= 11 is 6.12. The number of hydrogen-bond acceptors (Lipinski definition) is 8. The molecular weight excluding hydrogens is 488 g/mol. The van der Waals surface area contributed by atoms with Crippen molar-refractivity contribution >= 4 is 29.1 Å². The van der Waals surface area contributed by atoms with Gasteiger partial charge in [0.2, 0.25) is 5.91 Å². The molecule has 0 aromatic heterocycles. The number of nitrogen functional groups attached to an aromatic ring is 1. The molecule has 10 nitrogen and oxygen atoms in total. The van der Waals surface area contributed by atoms with Crippen molar-refractivity contribution in [3.8, 4) is 5.75 Å². The largest absolute Gasteiger partial charge is 0.496 e. The minimum absolute atomic E-state index is 0.151. The van der Waals surface area contributed by atoms with Gasteiger partial charge in [-0.2, -0.15) is 0 Å². The van der Waals surface area contributed by atoms with Crippen LogP contribution in [0.3, 0.4) is 0 Å². The van der Waals surface area contributed by atoms with Gasteiger partial charge in [-0.15, -0.1) is 0 Å². The molecule has 0 bridgehead atoms. The van der Waals surface area contributed by atoms with Crippen LogP contribution in [0, 0.1) is 0 Å². The minimum atomic E-state index is -0.461. The van der Waals surface area contributed by atoms with Gasteiger partial charge in [0.1, 0.15) is 5.75 Å². The second kappa shape index (κ2) is 12.0. The number of likely N-dealkylation sites (tertiary alicyclic amines) is 2. The maximum absolute atomic E-state index is 13.0. The molecule has 3 aliphatic rings. The lowest BCUT2D eigenvalue weighted by Gasteiger charge is -2.39. The number of anilines is 1. The van der Waals surface area contributed by atoms with Gasteiger partial charge in [-0.1, -0.05) is 11.6 Å². The number of ether oxygens (including phenoxy) is 4. The molecule has 0 aliphatic carbocycles. The van der Waals surface area contributed by atoms with E-state index >= 15 is 0 Å². The number of rotatable bonds is 8. The van der Waals surface area contributed by atoms with Crippen LogP contribution >= 0.6 is 11.6 Å². The van der Waals surface area contributed by atoms with Gasteiger partial charge >= 0.3 is 0 Å². The third-order valence-electron chi connectivity index (χ3n) is 7.38. The van der Waals surface area contributed by atoms with Crippen molar-refractivity contribution in [2.24, 2.45) is 0 Å². The van der Waals surface area contributed by atoms with Crippen molar-refractivity contribution in [3.63, 3.8) is 0 Å². The quantitative estimate of drug-likeness (QED) is 0.495. The Kier molecular flexibility index (Phi) is 8.95. The van der Waals surface area contributed by atoms with E-state index in [0.717, 1.165) is 38.8 Å². The highest BCUT2D eigenvalue weighted by molar-refractivity contribution is 6.33. The van der Waals surface area contributed by atoms with Crippen LogP contribution in [0.1, 0.15) is 42.5 Å². The van der Waals surface area contributed by atoms with Crippen LogP contribution in [0.5, 0.6) is 5.75 Å². The maximum Gasteiger partial charge on any atom is 0.255 e. The topological polar surface area (TPSA) is 116 Å². The van der Waals surface area contributed by atoms with Crippen LogP contribution in [0.2, 0.25) is 5.02 Å². The molecule has 3 fully saturated rings. The van der Waals surface area contributed by atoms with Crippen molar-refractivity contribution < 1.29 is 28.5 Å². The van der Waals surface area contributed by atoms with Gasteiger partial charge < -0.3 is 39.8 Å². The van der Waals surface area contributed by atoms with E-state index in [2.05, 4.69) is 10.2 Å². The first-order valence-electron chi connectivity index (χ1n) is 12.6. The zero-order valence-electron chi connectivity index (χ0n) is 21.1. The first-order valence-corrected chi connectivity index (χ1v) is 13.0. The van der Waals surface area contributed by atoms with E-state index in [9.17, 15) is 9.59 Å². The molecule has 0 saturated carbocycles. The molecule has 4 rings (SSSR count). The Balaban J connectivity index is 1.22. The monoisotopic (exact) mass is 524 g/mol. The van der Waals surface area contributed by atoms with Crippen LogP contribution < -0.4 is 15.8 Å². The third kappa shape index (κ3) is 6.23. The summed E-state index contributed by atoms with van der Waals surface area (Å²) in [6.07, 6.45) is 3.34. The standard InChI is InChI=1S/C25H37ClN4O6/c1-33-21-15-19(27)18(26)14-17(21)24(32)28-20-5-9-29(16-22(20)34-2)8-3-4-23(31)30-10-6-25(7-11-30)35-12-13-36-25/h14-15,20,22H,3-13,16,27H2,1-2H3,(H,28,32)/t20-,22+/m1/s1. The van der Waals surface area contributed by atoms with Gasteiger partial charge in [0, 0.05) is 58.6 Å². The molecule has 3 saturated heterocycles. The average molecular weight is 525 g/mol. The number of nitrogens with one attached hydrogen (secondary N) is 1. The van der Waals surface area contributed by atoms with Gasteiger partial charge in [-0.3, -0.25) is 9.59 Å². The summed E-state index contributed by atoms with van der Waals surface area (Å²) < 4.78 is 22.5. The van der Waals surface area contributed by atoms with E-state index in [1.807, 2.05) is 4.90 Å². The lowest BCUT2D eigenvalue weighted by atomic mass is 10.00. The SMILES string of the molecule is COc1cc(N)c(Cl)cc1C(=O)N[C@@H]1CCN(CCCC(=O)N2CCC3(CC2)OCCO3)C[C@@H]1OC. The fourth-order valence-electron chi connectivity index (χ4n) is 5.24. The molecule has 0 radical (unpaired) electrons. The smallest absolute Gasteiger partial charge is 0.255 e. The first kappa shape index (κ1) is 26.9. The number of nitrogens with zero attached hydrogens (tertiary/aromatic N) is 2. The molecule has 3 heterocycles. The number of nitrogens with two attached hydrogens (primary N) is 1. The number of benzene rings is 1. The molecule has 1 aromatic carbocycles. The van der Waals surface area contributed by atoms with Crippen molar-refractivity contribution in [1.82, 2.24) is 15.1 Å². The molecule has 2 amide bonds. The van der Waals surface area contributed by atoms with Crippen LogP contribution in [0.25, 0.3) is 0 Å². The maximum atomic E-state index is 13.0. The molecule has 1 aromatic rings. The number of amides is 2. The van der Waals surface area contributed by atoms with Gasteiger partial charge in [-0.05, 0) is 25.5 Å². The Morgan fingerprint density at radius 1 is 1.19 bits per heavy atom. The normalized spacial score (nSPS) is 24.1. The highest BCUT2D eigenvalue weighted by atomic mass is 35.5. The molecule has 0 unspecified atom stereocenters. The molecule has 2 atom stereocenters. The third-order valence-corrected chi connectivity index (χ3v) is 7.71. The number of carbonyl (C=O) groups is 2. The Morgan fingerprint density at radius 2 is 1.92 bits per heavy atom. The predicted molar refractivity (Wildman–Crippen MR) is 135 cm³/mol. The van der Waals surface area contributed by atoms with Crippen LogP contribution in [0.15, 0.2) is 12.1 Å². The summed E-state index contributed by atoms with van der Waals surface area (Å²) in [4.78, 5) is 29.9. The summed E-state index contributed by atoms with van der Waals surface area (Å²) in [5.74, 6) is -0.185. The van der Waals surface area contributed by atoms with E-state index in [-0.39, 0.29) is 24.0 Å². The number of piperidine rings is 2. The lowest BCUT2D eigenvalue weighted by molar-refractivity contribution is -0.187. The van der Waals surface area contributed by atoms with E-state index in [0.29, 0.717) is 61.3 Å². The molecule has 1 spiro atoms. The van der Waals surface area contributed by atoms with Crippen molar-refractivity contribution in [2.45, 2.75) is 50.0 Å². The van der Waals surface area contributed by atoms with Gasteiger partial charge in [0.05, 0.1) is 48.7 Å². The predicted octanol–water partition coefficient (Wildman–Crippen LogP) is 1.90. The summed E-state index contributed by atoms with van der Waals surface area (Å²) in [7, 11) is 3.14. The average Bonchev–Trinajstić information content (AvgIpc) is 3.34. The van der Waals surface area contributed by atoms with Crippen molar-refractivity contribution in [2.75, 3.05) is 65.9 Å². The zero-order chi connectivity index (χ0) is 25.7. The summed E-state index contributed by atoms with van der Waals surface area (Å²) in [5, 5.41) is 3.37. The van der Waals surface area contributed by atoms with Crippen molar-refractivity contribution in [1.29, 1.82) is 0 Å².